The number of nitrogens with zero attached hydrogens (tertiary/aromatic N) is 3. The smallest absolute Gasteiger partial charge is 0.191 e. The maximum Gasteiger partial charge on any atom is 0.191 e. The number of hydrogen-bond donors (Lipinski definition) is 2. The van der Waals surface area contributed by atoms with Gasteiger partial charge in [0.15, 0.2) is 5.96 Å². The Kier molecular flexibility index (Phi) is 9.20. The fourth-order valence-electron chi connectivity index (χ4n) is 3.91. The number of ether oxygens (including phenoxy) is 2. The van der Waals surface area contributed by atoms with Crippen LogP contribution in [0.3, 0.4) is 0 Å². The van der Waals surface area contributed by atoms with E-state index in [4.69, 9.17) is 9.47 Å². The van der Waals surface area contributed by atoms with Gasteiger partial charge in [-0.25, -0.2) is 0 Å². The summed E-state index contributed by atoms with van der Waals surface area (Å²) in [5.41, 5.74) is 0. The first kappa shape index (κ1) is 22.5. The van der Waals surface area contributed by atoms with Crippen molar-refractivity contribution in [1.29, 1.82) is 0 Å². The van der Waals surface area contributed by atoms with Crippen molar-refractivity contribution in [3.05, 3.63) is 21.9 Å². The fraction of sp³-hybridized carbons (Fsp3) is 0.762. The molecule has 2 aliphatic heterocycles. The van der Waals surface area contributed by atoms with E-state index in [1.165, 1.54) is 9.75 Å². The van der Waals surface area contributed by atoms with Gasteiger partial charge in [0.25, 0.3) is 0 Å². The SMILES string of the molecule is CN=C(NCC(C)CN1CCOCC1)NCC(c1ccc(C)s1)N1CCOCC1. The average molecular weight is 424 g/mol. The predicted molar refractivity (Wildman–Crippen MR) is 120 cm³/mol. The van der Waals surface area contributed by atoms with E-state index in [1.54, 1.807) is 0 Å². The number of aliphatic imine (C=N–C) groups is 1. The summed E-state index contributed by atoms with van der Waals surface area (Å²) < 4.78 is 11.0. The van der Waals surface area contributed by atoms with Crippen molar-refractivity contribution in [2.45, 2.75) is 19.9 Å². The number of thiophene rings is 1. The summed E-state index contributed by atoms with van der Waals surface area (Å²) in [4.78, 5) is 12.2. The van der Waals surface area contributed by atoms with Crippen molar-refractivity contribution in [1.82, 2.24) is 20.4 Å². The van der Waals surface area contributed by atoms with E-state index in [0.717, 1.165) is 78.2 Å². The Hall–Kier alpha value is -1.19. The van der Waals surface area contributed by atoms with Crippen LogP contribution in [0.2, 0.25) is 0 Å². The Morgan fingerprint density at radius 2 is 1.72 bits per heavy atom. The molecule has 7 nitrogen and oxygen atoms in total. The fourth-order valence-corrected chi connectivity index (χ4v) is 4.92. The van der Waals surface area contributed by atoms with E-state index >= 15 is 0 Å². The maximum atomic E-state index is 5.56. The minimum atomic E-state index is 0.349. The highest BCUT2D eigenvalue weighted by molar-refractivity contribution is 7.12. The summed E-state index contributed by atoms with van der Waals surface area (Å²) >= 11 is 1.89. The summed E-state index contributed by atoms with van der Waals surface area (Å²) in [6.45, 7) is 14.7. The molecule has 2 fully saturated rings. The number of guanidine groups is 1. The molecule has 0 radical (unpaired) electrons. The molecule has 0 spiro atoms. The molecule has 29 heavy (non-hydrogen) atoms. The second-order valence-corrected chi connectivity index (χ2v) is 9.28. The van der Waals surface area contributed by atoms with Crippen LogP contribution in [0.15, 0.2) is 17.1 Å². The molecule has 3 rings (SSSR count). The van der Waals surface area contributed by atoms with Gasteiger partial charge >= 0.3 is 0 Å². The predicted octanol–water partition coefficient (Wildman–Crippen LogP) is 1.56. The number of hydrogen-bond acceptors (Lipinski definition) is 6. The van der Waals surface area contributed by atoms with E-state index in [2.05, 4.69) is 51.4 Å². The molecule has 2 saturated heterocycles. The van der Waals surface area contributed by atoms with E-state index in [-0.39, 0.29) is 0 Å². The molecule has 0 aromatic carbocycles. The zero-order chi connectivity index (χ0) is 20.5. The van der Waals surface area contributed by atoms with Crippen LogP contribution in [-0.2, 0) is 9.47 Å². The normalized spacial score (nSPS) is 21.7. The third kappa shape index (κ3) is 7.22. The zero-order valence-electron chi connectivity index (χ0n) is 18.2. The average Bonchev–Trinajstić information content (AvgIpc) is 3.18. The Bertz CT molecular complexity index is 626. The lowest BCUT2D eigenvalue weighted by Gasteiger charge is -2.34. The van der Waals surface area contributed by atoms with Crippen LogP contribution in [0.5, 0.6) is 0 Å². The molecule has 0 amide bonds. The van der Waals surface area contributed by atoms with E-state index in [1.807, 2.05) is 18.4 Å². The van der Waals surface area contributed by atoms with Crippen molar-refractivity contribution in [2.24, 2.45) is 10.9 Å². The summed E-state index contributed by atoms with van der Waals surface area (Å²) in [5, 5.41) is 7.08. The molecular formula is C21H37N5O2S. The molecule has 2 aliphatic rings. The van der Waals surface area contributed by atoms with Gasteiger partial charge < -0.3 is 20.1 Å². The highest BCUT2D eigenvalue weighted by atomic mass is 32.1. The van der Waals surface area contributed by atoms with Crippen molar-refractivity contribution in [3.63, 3.8) is 0 Å². The van der Waals surface area contributed by atoms with Gasteiger partial charge in [0.2, 0.25) is 0 Å². The van der Waals surface area contributed by atoms with Gasteiger partial charge in [0, 0.05) is 62.6 Å². The standard InChI is InChI=1S/C21H37N5O2S/c1-17(16-25-6-10-27-11-7-25)14-23-21(22-3)24-15-19(20-5-4-18(2)29-20)26-8-12-28-13-9-26/h4-5,17,19H,6-16H2,1-3H3,(H2,22,23,24). The summed E-state index contributed by atoms with van der Waals surface area (Å²) in [7, 11) is 1.85. The number of nitrogens with one attached hydrogen (secondary N) is 2. The first-order chi connectivity index (χ1) is 14.2. The van der Waals surface area contributed by atoms with Crippen molar-refractivity contribution in [2.75, 3.05) is 79.3 Å². The molecule has 1 aromatic heterocycles. The van der Waals surface area contributed by atoms with Crippen LogP contribution < -0.4 is 10.6 Å². The third-order valence-electron chi connectivity index (χ3n) is 5.55. The first-order valence-electron chi connectivity index (χ1n) is 10.8. The van der Waals surface area contributed by atoms with Gasteiger partial charge in [-0.3, -0.25) is 14.8 Å². The molecule has 2 unspecified atom stereocenters. The topological polar surface area (TPSA) is 61.4 Å². The van der Waals surface area contributed by atoms with Crippen molar-refractivity contribution < 1.29 is 9.47 Å². The molecule has 1 aromatic rings. The molecule has 0 aliphatic carbocycles. The molecule has 0 bridgehead atoms. The van der Waals surface area contributed by atoms with Crippen LogP contribution >= 0.6 is 11.3 Å². The molecule has 2 N–H and O–H groups in total. The lowest BCUT2D eigenvalue weighted by molar-refractivity contribution is 0.0177. The largest absolute Gasteiger partial charge is 0.379 e. The van der Waals surface area contributed by atoms with Crippen molar-refractivity contribution in [3.8, 4) is 0 Å². The Morgan fingerprint density at radius 3 is 2.34 bits per heavy atom. The summed E-state index contributed by atoms with van der Waals surface area (Å²) in [5.74, 6) is 1.44. The molecule has 3 heterocycles. The van der Waals surface area contributed by atoms with Crippen molar-refractivity contribution >= 4 is 17.3 Å². The van der Waals surface area contributed by atoms with Gasteiger partial charge in [-0.05, 0) is 25.0 Å². The van der Waals surface area contributed by atoms with E-state index < -0.39 is 0 Å². The summed E-state index contributed by atoms with van der Waals surface area (Å²) in [6.07, 6.45) is 0. The first-order valence-corrected chi connectivity index (χ1v) is 11.6. The van der Waals surface area contributed by atoms with E-state index in [9.17, 15) is 0 Å². The zero-order valence-corrected chi connectivity index (χ0v) is 19.0. The molecule has 2 atom stereocenters. The lowest BCUT2D eigenvalue weighted by atomic mass is 10.1. The van der Waals surface area contributed by atoms with Crippen LogP contribution in [0.1, 0.15) is 22.7 Å². The van der Waals surface area contributed by atoms with Crippen LogP contribution in [-0.4, -0.2) is 95.0 Å². The molecule has 164 valence electrons. The number of morpholine rings is 2. The monoisotopic (exact) mass is 423 g/mol. The third-order valence-corrected chi connectivity index (χ3v) is 6.66. The van der Waals surface area contributed by atoms with Crippen LogP contribution in [0, 0.1) is 12.8 Å². The van der Waals surface area contributed by atoms with Gasteiger partial charge in [-0.15, -0.1) is 11.3 Å². The van der Waals surface area contributed by atoms with Crippen LogP contribution in [0.25, 0.3) is 0 Å². The minimum Gasteiger partial charge on any atom is -0.379 e. The lowest BCUT2D eigenvalue weighted by Crippen LogP contribution is -2.47. The maximum absolute atomic E-state index is 5.56. The summed E-state index contributed by atoms with van der Waals surface area (Å²) in [6, 6.07) is 4.83. The quantitative estimate of drug-likeness (QED) is 0.489. The Morgan fingerprint density at radius 1 is 1.07 bits per heavy atom. The van der Waals surface area contributed by atoms with Crippen LogP contribution in [0.4, 0.5) is 0 Å². The van der Waals surface area contributed by atoms with E-state index in [0.29, 0.717) is 12.0 Å². The van der Waals surface area contributed by atoms with Gasteiger partial charge in [-0.2, -0.15) is 0 Å². The highest BCUT2D eigenvalue weighted by Crippen LogP contribution is 2.27. The Labute approximate surface area is 179 Å². The molecule has 0 saturated carbocycles. The van der Waals surface area contributed by atoms with Gasteiger partial charge in [-0.1, -0.05) is 6.92 Å². The highest BCUT2D eigenvalue weighted by Gasteiger charge is 2.24. The Balaban J connectivity index is 1.48. The second-order valence-electron chi connectivity index (χ2n) is 7.96. The number of aryl methyl sites for hydroxylation is 1. The van der Waals surface area contributed by atoms with Gasteiger partial charge in [0.1, 0.15) is 0 Å². The van der Waals surface area contributed by atoms with Gasteiger partial charge in [0.05, 0.1) is 32.5 Å². The molecule has 8 heteroatoms. The molecular weight excluding hydrogens is 386 g/mol. The number of rotatable bonds is 8. The second kappa shape index (κ2) is 11.9. The minimum absolute atomic E-state index is 0.349.